The van der Waals surface area contributed by atoms with E-state index >= 15 is 0 Å². The first kappa shape index (κ1) is 11.8. The summed E-state index contributed by atoms with van der Waals surface area (Å²) in [5, 5.41) is 17.2. The Hall–Kier alpha value is -1.20. The van der Waals surface area contributed by atoms with E-state index in [0.29, 0.717) is 0 Å². The van der Waals surface area contributed by atoms with Gasteiger partial charge in [-0.25, -0.2) is 9.18 Å². The number of aliphatic hydroxyl groups excluding tert-OH is 1. The van der Waals surface area contributed by atoms with Crippen LogP contribution < -0.4 is 0 Å². The summed E-state index contributed by atoms with van der Waals surface area (Å²) in [4.78, 5) is 13.6. The average molecular weight is 208 g/mol. The number of carboxylic acids is 1. The number of carboxylic acid groups (broad SMARTS) is 1. The molecule has 0 aliphatic rings. The van der Waals surface area contributed by atoms with Gasteiger partial charge >= 0.3 is 5.97 Å². The fourth-order valence-electron chi connectivity index (χ4n) is 0.716. The van der Waals surface area contributed by atoms with Gasteiger partial charge in [-0.2, -0.15) is 0 Å². The number of rotatable bonds is 2. The maximum absolute atomic E-state index is 12.7. The van der Waals surface area contributed by atoms with E-state index in [1.165, 1.54) is 12.3 Å². The summed E-state index contributed by atoms with van der Waals surface area (Å²) >= 11 is 0. The van der Waals surface area contributed by atoms with Gasteiger partial charge in [-0.1, -0.05) is 0 Å². The molecule has 0 fully saturated rings. The molecule has 0 unspecified atom stereocenters. The van der Waals surface area contributed by atoms with Crippen LogP contribution in [0.2, 0.25) is 0 Å². The average Bonchev–Trinajstić information content (AvgIpc) is 2.04. The Bertz CT molecular complexity index is 308. The highest BCUT2D eigenvalue weighted by Gasteiger charge is 2.20. The van der Waals surface area contributed by atoms with Crippen LogP contribution in [0.1, 0.15) is 11.8 Å². The molecular weight excluding hydrogens is 201 g/mol. The van der Waals surface area contributed by atoms with Gasteiger partial charge in [0.15, 0.2) is 6.10 Å². The quantitative estimate of drug-likeness (QED) is 0.751. The molecule has 4 nitrogen and oxygen atoms in total. The Morgan fingerprint density at radius 2 is 2.23 bits per heavy atom. The molecule has 1 rings (SSSR count). The van der Waals surface area contributed by atoms with Crippen molar-refractivity contribution in [2.45, 2.75) is 6.10 Å². The van der Waals surface area contributed by atoms with Crippen molar-refractivity contribution in [2.24, 2.45) is 0 Å². The first-order valence-electron chi connectivity index (χ1n) is 3.14. The Kier molecular flexibility index (Phi) is 4.30. The number of nitrogens with zero attached hydrogens (tertiary/aromatic N) is 1. The molecule has 0 aliphatic heterocycles. The number of hydrogen-bond acceptors (Lipinski definition) is 3. The number of halogens is 2. The van der Waals surface area contributed by atoms with Crippen molar-refractivity contribution >= 4 is 18.4 Å². The second-order valence-corrected chi connectivity index (χ2v) is 2.11. The van der Waals surface area contributed by atoms with Gasteiger partial charge in [-0.05, 0) is 12.1 Å². The Morgan fingerprint density at radius 1 is 1.62 bits per heavy atom. The summed E-state index contributed by atoms with van der Waals surface area (Å²) in [5.74, 6) is -2.35. The highest BCUT2D eigenvalue weighted by molar-refractivity contribution is 5.85. The third-order valence-corrected chi connectivity index (χ3v) is 1.28. The predicted molar refractivity (Wildman–Crippen MR) is 44.0 cm³/mol. The third-order valence-electron chi connectivity index (χ3n) is 1.28. The molecule has 1 atom stereocenters. The van der Waals surface area contributed by atoms with Gasteiger partial charge in [0.2, 0.25) is 0 Å². The van der Waals surface area contributed by atoms with E-state index in [0.717, 1.165) is 6.07 Å². The summed E-state index contributed by atoms with van der Waals surface area (Å²) in [6.07, 6.45) is -0.684. The van der Waals surface area contributed by atoms with E-state index < -0.39 is 23.6 Å². The number of aromatic nitrogens is 1. The van der Waals surface area contributed by atoms with E-state index in [1.807, 2.05) is 0 Å². The van der Waals surface area contributed by atoms with E-state index in [-0.39, 0.29) is 12.4 Å². The van der Waals surface area contributed by atoms with Gasteiger partial charge in [0, 0.05) is 6.20 Å². The van der Waals surface area contributed by atoms with Crippen molar-refractivity contribution in [1.82, 2.24) is 4.98 Å². The Balaban J connectivity index is 0.00000144. The molecule has 6 heteroatoms. The fourth-order valence-corrected chi connectivity index (χ4v) is 0.716. The summed E-state index contributed by atoms with van der Waals surface area (Å²) in [7, 11) is 0. The molecule has 0 amide bonds. The van der Waals surface area contributed by atoms with Crippen LogP contribution in [-0.2, 0) is 4.79 Å². The molecular formula is C7H7ClFNO3. The minimum atomic E-state index is -1.90. The fraction of sp³-hybridized carbons (Fsp3) is 0.143. The summed E-state index contributed by atoms with van der Waals surface area (Å²) in [5.41, 5.74) is -0.468. The van der Waals surface area contributed by atoms with Gasteiger partial charge in [0.25, 0.3) is 0 Å². The van der Waals surface area contributed by atoms with Crippen LogP contribution in [0.15, 0.2) is 18.3 Å². The number of aliphatic carboxylic acids is 1. The molecule has 0 radical (unpaired) electrons. The molecule has 0 bridgehead atoms. The van der Waals surface area contributed by atoms with E-state index in [2.05, 4.69) is 4.98 Å². The lowest BCUT2D eigenvalue weighted by Crippen LogP contribution is -2.13. The minimum absolute atomic E-state index is 0. The van der Waals surface area contributed by atoms with Crippen molar-refractivity contribution in [3.8, 4) is 0 Å². The summed E-state index contributed by atoms with van der Waals surface area (Å²) in [6, 6.07) is 2.35. The smallest absolute Gasteiger partial charge is 0.338 e. The Morgan fingerprint density at radius 3 is 2.69 bits per heavy atom. The van der Waals surface area contributed by atoms with E-state index in [1.54, 1.807) is 0 Å². The number of hydrogen-bond donors (Lipinski definition) is 2. The van der Waals surface area contributed by atoms with Crippen molar-refractivity contribution in [3.63, 3.8) is 0 Å². The zero-order valence-corrected chi connectivity index (χ0v) is 7.16. The van der Waals surface area contributed by atoms with Crippen LogP contribution in [-0.4, -0.2) is 21.2 Å². The van der Waals surface area contributed by atoms with Crippen LogP contribution in [0.5, 0.6) is 0 Å². The first-order valence-corrected chi connectivity index (χ1v) is 3.14. The lowest BCUT2D eigenvalue weighted by molar-refractivity contribution is -0.147. The van der Waals surface area contributed by atoms with Crippen molar-refractivity contribution < 1.29 is 19.4 Å². The lowest BCUT2D eigenvalue weighted by Gasteiger charge is -2.04. The maximum Gasteiger partial charge on any atom is 0.338 e. The predicted octanol–water partition coefficient (Wildman–Crippen LogP) is 0.760. The zero-order valence-electron chi connectivity index (χ0n) is 6.35. The highest BCUT2D eigenvalue weighted by atomic mass is 35.5. The highest BCUT2D eigenvalue weighted by Crippen LogP contribution is 2.12. The molecule has 1 aromatic heterocycles. The monoisotopic (exact) mass is 207 g/mol. The standard InChI is InChI=1S/C7H6FNO3.ClH/c8-4-2-1-3-9-5(4)6(10)7(11)12;/h1-3,6,10H,(H,11,12);1H/t6-;/m1./s1. The SMILES string of the molecule is Cl.O=C(O)[C@H](O)c1ncccc1F. The van der Waals surface area contributed by atoms with Gasteiger partial charge in [-0.15, -0.1) is 12.4 Å². The van der Waals surface area contributed by atoms with Crippen LogP contribution in [0.3, 0.4) is 0 Å². The van der Waals surface area contributed by atoms with Crippen LogP contribution in [0.25, 0.3) is 0 Å². The molecule has 0 spiro atoms. The number of pyridine rings is 1. The van der Waals surface area contributed by atoms with E-state index in [4.69, 9.17) is 10.2 Å². The number of aliphatic hydroxyl groups is 1. The minimum Gasteiger partial charge on any atom is -0.479 e. The van der Waals surface area contributed by atoms with Crippen LogP contribution in [0.4, 0.5) is 4.39 Å². The second kappa shape index (κ2) is 4.74. The molecule has 0 saturated heterocycles. The van der Waals surface area contributed by atoms with Crippen molar-refractivity contribution in [2.75, 3.05) is 0 Å². The van der Waals surface area contributed by atoms with Gasteiger partial charge in [0.1, 0.15) is 11.5 Å². The van der Waals surface area contributed by atoms with E-state index in [9.17, 15) is 9.18 Å². The molecule has 1 aromatic rings. The maximum atomic E-state index is 12.7. The topological polar surface area (TPSA) is 70.4 Å². The van der Waals surface area contributed by atoms with Gasteiger partial charge < -0.3 is 10.2 Å². The van der Waals surface area contributed by atoms with Crippen LogP contribution >= 0.6 is 12.4 Å². The lowest BCUT2D eigenvalue weighted by atomic mass is 10.2. The Labute approximate surface area is 79.4 Å². The van der Waals surface area contributed by atoms with Crippen LogP contribution in [0, 0.1) is 5.82 Å². The summed E-state index contributed by atoms with van der Waals surface area (Å²) < 4.78 is 12.7. The third kappa shape index (κ3) is 2.64. The second-order valence-electron chi connectivity index (χ2n) is 2.11. The normalized spacial score (nSPS) is 11.5. The largest absolute Gasteiger partial charge is 0.479 e. The zero-order chi connectivity index (χ0) is 9.14. The molecule has 13 heavy (non-hydrogen) atoms. The molecule has 1 heterocycles. The first-order chi connectivity index (χ1) is 5.63. The number of carbonyl (C=O) groups is 1. The molecule has 2 N–H and O–H groups in total. The molecule has 0 saturated carbocycles. The van der Waals surface area contributed by atoms with Gasteiger partial charge in [-0.3, -0.25) is 4.98 Å². The molecule has 0 aromatic carbocycles. The van der Waals surface area contributed by atoms with Crippen molar-refractivity contribution in [3.05, 3.63) is 29.8 Å². The van der Waals surface area contributed by atoms with Gasteiger partial charge in [0.05, 0.1) is 0 Å². The molecule has 72 valence electrons. The van der Waals surface area contributed by atoms with Crippen molar-refractivity contribution in [1.29, 1.82) is 0 Å². The molecule has 0 aliphatic carbocycles. The summed E-state index contributed by atoms with van der Waals surface area (Å²) in [6.45, 7) is 0.